The van der Waals surface area contributed by atoms with Crippen molar-refractivity contribution in [1.29, 1.82) is 5.26 Å². The van der Waals surface area contributed by atoms with Gasteiger partial charge in [-0.15, -0.1) is 0 Å². The van der Waals surface area contributed by atoms with E-state index in [1.54, 1.807) is 25.2 Å². The molecule has 1 unspecified atom stereocenters. The third-order valence-electron chi connectivity index (χ3n) is 2.83. The third kappa shape index (κ3) is 2.95. The number of benzene rings is 1. The van der Waals surface area contributed by atoms with Gasteiger partial charge in [-0.3, -0.25) is 9.69 Å². The summed E-state index contributed by atoms with van der Waals surface area (Å²) in [6.07, 6.45) is 0. The van der Waals surface area contributed by atoms with E-state index in [0.717, 1.165) is 0 Å². The van der Waals surface area contributed by atoms with Crippen molar-refractivity contribution in [3.05, 3.63) is 23.8 Å². The Morgan fingerprint density at radius 3 is 2.79 bits per heavy atom. The molecule has 1 heterocycles. The number of rotatable bonds is 4. The molecule has 1 atom stereocenters. The number of aliphatic carboxylic acids is 1. The molecule has 1 aliphatic heterocycles. The molecule has 0 fully saturated rings. The standard InChI is InChI=1S/C13H14N2O4/c1-15(8-13(16)17)10(7-14)9-2-3-11-12(6-9)19-5-4-18-11/h2-3,6,10H,4-5,8H2,1H3,(H,16,17). The van der Waals surface area contributed by atoms with Gasteiger partial charge in [-0.05, 0) is 24.7 Å². The maximum Gasteiger partial charge on any atom is 0.317 e. The van der Waals surface area contributed by atoms with Crippen LogP contribution in [0.1, 0.15) is 11.6 Å². The minimum Gasteiger partial charge on any atom is -0.486 e. The minimum atomic E-state index is -0.972. The summed E-state index contributed by atoms with van der Waals surface area (Å²) in [4.78, 5) is 12.2. The van der Waals surface area contributed by atoms with E-state index in [1.165, 1.54) is 4.90 Å². The van der Waals surface area contributed by atoms with Crippen LogP contribution in [0.15, 0.2) is 18.2 Å². The zero-order valence-electron chi connectivity index (χ0n) is 10.5. The molecule has 0 spiro atoms. The van der Waals surface area contributed by atoms with Gasteiger partial charge >= 0.3 is 5.97 Å². The Bertz CT molecular complexity index is 524. The highest BCUT2D eigenvalue weighted by Crippen LogP contribution is 2.33. The Balaban J connectivity index is 2.24. The molecule has 2 rings (SSSR count). The van der Waals surface area contributed by atoms with Crippen LogP contribution in [-0.2, 0) is 4.79 Å². The van der Waals surface area contributed by atoms with Crippen molar-refractivity contribution in [1.82, 2.24) is 4.90 Å². The van der Waals surface area contributed by atoms with Crippen molar-refractivity contribution in [2.24, 2.45) is 0 Å². The molecule has 0 aromatic heterocycles. The van der Waals surface area contributed by atoms with Gasteiger partial charge in [0.1, 0.15) is 19.3 Å². The van der Waals surface area contributed by atoms with Crippen LogP contribution >= 0.6 is 0 Å². The molecule has 0 saturated heterocycles. The molecular formula is C13H14N2O4. The van der Waals surface area contributed by atoms with Crippen molar-refractivity contribution in [3.8, 4) is 17.6 Å². The first-order chi connectivity index (χ1) is 9.11. The van der Waals surface area contributed by atoms with Gasteiger partial charge in [-0.25, -0.2) is 0 Å². The first-order valence-corrected chi connectivity index (χ1v) is 5.83. The quantitative estimate of drug-likeness (QED) is 0.873. The van der Waals surface area contributed by atoms with Crippen LogP contribution in [0, 0.1) is 11.3 Å². The minimum absolute atomic E-state index is 0.202. The summed E-state index contributed by atoms with van der Waals surface area (Å²) in [5.41, 5.74) is 0.690. The molecule has 1 aromatic rings. The topological polar surface area (TPSA) is 82.8 Å². The zero-order valence-corrected chi connectivity index (χ0v) is 10.5. The van der Waals surface area contributed by atoms with Gasteiger partial charge in [0.25, 0.3) is 0 Å². The van der Waals surface area contributed by atoms with Crippen LogP contribution in [0.4, 0.5) is 0 Å². The lowest BCUT2D eigenvalue weighted by Crippen LogP contribution is -2.29. The summed E-state index contributed by atoms with van der Waals surface area (Å²) in [7, 11) is 1.60. The fourth-order valence-electron chi connectivity index (χ4n) is 1.96. The van der Waals surface area contributed by atoms with Crippen LogP contribution in [0.25, 0.3) is 0 Å². The van der Waals surface area contributed by atoms with E-state index in [9.17, 15) is 10.1 Å². The largest absolute Gasteiger partial charge is 0.486 e. The van der Waals surface area contributed by atoms with Crippen LogP contribution in [0.3, 0.4) is 0 Å². The lowest BCUT2D eigenvalue weighted by Gasteiger charge is -2.23. The van der Waals surface area contributed by atoms with Crippen molar-refractivity contribution < 1.29 is 19.4 Å². The summed E-state index contributed by atoms with van der Waals surface area (Å²) in [5.74, 6) is 0.264. The highest BCUT2D eigenvalue weighted by atomic mass is 16.6. The molecule has 0 radical (unpaired) electrons. The number of nitriles is 1. The number of carbonyl (C=O) groups is 1. The fraction of sp³-hybridized carbons (Fsp3) is 0.385. The second-order valence-electron chi connectivity index (χ2n) is 4.24. The highest BCUT2D eigenvalue weighted by molar-refractivity contribution is 5.69. The number of carboxylic acid groups (broad SMARTS) is 1. The third-order valence-corrected chi connectivity index (χ3v) is 2.83. The van der Waals surface area contributed by atoms with E-state index >= 15 is 0 Å². The molecular weight excluding hydrogens is 248 g/mol. The Hall–Kier alpha value is -2.26. The normalized spacial score (nSPS) is 14.8. The SMILES string of the molecule is CN(CC(=O)O)C(C#N)c1ccc2c(c1)OCCO2. The number of fused-ring (bicyclic) bond motifs is 1. The number of nitrogens with zero attached hydrogens (tertiary/aromatic N) is 2. The molecule has 6 heteroatoms. The van der Waals surface area contributed by atoms with Crippen LogP contribution in [0.2, 0.25) is 0 Å². The van der Waals surface area contributed by atoms with Crippen LogP contribution < -0.4 is 9.47 Å². The summed E-state index contributed by atoms with van der Waals surface area (Å²) in [6, 6.07) is 6.68. The van der Waals surface area contributed by atoms with E-state index in [2.05, 4.69) is 6.07 Å². The monoisotopic (exact) mass is 262 g/mol. The van der Waals surface area contributed by atoms with Crippen molar-refractivity contribution in [2.75, 3.05) is 26.8 Å². The van der Waals surface area contributed by atoms with Crippen molar-refractivity contribution >= 4 is 5.97 Å². The summed E-state index contributed by atoms with van der Waals surface area (Å²) in [5, 5.41) is 18.0. The maximum atomic E-state index is 10.7. The number of carboxylic acids is 1. The molecule has 0 amide bonds. The maximum absolute atomic E-state index is 10.7. The predicted molar refractivity (Wildman–Crippen MR) is 66.1 cm³/mol. The second kappa shape index (κ2) is 5.59. The molecule has 1 N–H and O–H groups in total. The summed E-state index contributed by atoms with van der Waals surface area (Å²) < 4.78 is 10.9. The summed E-state index contributed by atoms with van der Waals surface area (Å²) in [6.45, 7) is 0.776. The lowest BCUT2D eigenvalue weighted by molar-refractivity contribution is -0.138. The summed E-state index contributed by atoms with van der Waals surface area (Å²) >= 11 is 0. The molecule has 100 valence electrons. The second-order valence-corrected chi connectivity index (χ2v) is 4.24. The zero-order chi connectivity index (χ0) is 13.8. The highest BCUT2D eigenvalue weighted by Gasteiger charge is 2.21. The molecule has 19 heavy (non-hydrogen) atoms. The molecule has 1 aliphatic rings. The Morgan fingerprint density at radius 1 is 1.47 bits per heavy atom. The Morgan fingerprint density at radius 2 is 2.16 bits per heavy atom. The number of hydrogen-bond acceptors (Lipinski definition) is 5. The van der Waals surface area contributed by atoms with E-state index < -0.39 is 12.0 Å². The average Bonchev–Trinajstić information content (AvgIpc) is 2.38. The van der Waals surface area contributed by atoms with Crippen molar-refractivity contribution in [3.63, 3.8) is 0 Å². The van der Waals surface area contributed by atoms with E-state index in [0.29, 0.717) is 30.3 Å². The van der Waals surface area contributed by atoms with E-state index in [-0.39, 0.29) is 6.54 Å². The molecule has 6 nitrogen and oxygen atoms in total. The van der Waals surface area contributed by atoms with Crippen LogP contribution in [-0.4, -0.2) is 42.8 Å². The van der Waals surface area contributed by atoms with Gasteiger partial charge in [0.05, 0.1) is 12.6 Å². The first kappa shape index (κ1) is 13.2. The van der Waals surface area contributed by atoms with E-state index in [4.69, 9.17) is 14.6 Å². The number of hydrogen-bond donors (Lipinski definition) is 1. The van der Waals surface area contributed by atoms with E-state index in [1.807, 2.05) is 0 Å². The average molecular weight is 262 g/mol. The molecule has 0 saturated carbocycles. The molecule has 0 aliphatic carbocycles. The van der Waals surface area contributed by atoms with Gasteiger partial charge in [0, 0.05) is 0 Å². The first-order valence-electron chi connectivity index (χ1n) is 5.83. The molecule has 1 aromatic carbocycles. The fourth-order valence-corrected chi connectivity index (χ4v) is 1.96. The number of likely N-dealkylation sites (N-methyl/N-ethyl adjacent to an activating group) is 1. The Kier molecular flexibility index (Phi) is 3.88. The van der Waals surface area contributed by atoms with Crippen LogP contribution in [0.5, 0.6) is 11.5 Å². The molecule has 0 bridgehead atoms. The van der Waals surface area contributed by atoms with Gasteiger partial charge in [-0.2, -0.15) is 5.26 Å². The van der Waals surface area contributed by atoms with Gasteiger partial charge in [0.15, 0.2) is 11.5 Å². The lowest BCUT2D eigenvalue weighted by atomic mass is 10.1. The smallest absolute Gasteiger partial charge is 0.317 e. The van der Waals surface area contributed by atoms with Gasteiger partial charge in [0.2, 0.25) is 0 Å². The van der Waals surface area contributed by atoms with Gasteiger partial charge < -0.3 is 14.6 Å². The van der Waals surface area contributed by atoms with Crippen molar-refractivity contribution in [2.45, 2.75) is 6.04 Å². The predicted octanol–water partition coefficient (Wildman–Crippen LogP) is 1.04. The number of ether oxygens (including phenoxy) is 2. The Labute approximate surface area is 110 Å². The van der Waals surface area contributed by atoms with Gasteiger partial charge in [-0.1, -0.05) is 6.07 Å².